The van der Waals surface area contributed by atoms with Gasteiger partial charge in [-0.15, -0.1) is 0 Å². The van der Waals surface area contributed by atoms with Gasteiger partial charge in [0.1, 0.15) is 6.04 Å². The minimum atomic E-state index is -0.643. The van der Waals surface area contributed by atoms with Crippen molar-refractivity contribution >= 4 is 17.5 Å². The Morgan fingerprint density at radius 3 is 1.64 bits per heavy atom. The molecular formula is C35H40N2O2. The summed E-state index contributed by atoms with van der Waals surface area (Å²) >= 11 is 0. The number of rotatable bonds is 8. The van der Waals surface area contributed by atoms with Crippen molar-refractivity contribution in [2.45, 2.75) is 69.7 Å². The minimum absolute atomic E-state index is 0.0626. The predicted octanol–water partition coefficient (Wildman–Crippen LogP) is 7.07. The van der Waals surface area contributed by atoms with E-state index in [4.69, 9.17) is 0 Å². The second-order valence-corrected chi connectivity index (χ2v) is 12.7. The van der Waals surface area contributed by atoms with Crippen molar-refractivity contribution < 1.29 is 9.59 Å². The van der Waals surface area contributed by atoms with Gasteiger partial charge in [0.2, 0.25) is 11.8 Å². The molecule has 4 nitrogen and oxygen atoms in total. The van der Waals surface area contributed by atoms with Crippen LogP contribution in [-0.4, -0.2) is 17.9 Å². The van der Waals surface area contributed by atoms with Gasteiger partial charge in [0.05, 0.1) is 5.92 Å². The molecule has 0 aromatic heterocycles. The molecule has 0 saturated heterocycles. The Morgan fingerprint density at radius 2 is 1.18 bits per heavy atom. The Bertz CT molecular complexity index is 1220. The normalized spacial score (nSPS) is 26.0. The molecular weight excluding hydrogens is 480 g/mol. The molecule has 0 unspecified atom stereocenters. The fraction of sp³-hybridized carbons (Fsp3) is 0.429. The van der Waals surface area contributed by atoms with E-state index in [0.717, 1.165) is 34.6 Å². The van der Waals surface area contributed by atoms with Gasteiger partial charge in [-0.25, -0.2) is 0 Å². The van der Waals surface area contributed by atoms with Gasteiger partial charge in [-0.05, 0) is 96.4 Å². The first-order valence-corrected chi connectivity index (χ1v) is 14.7. The summed E-state index contributed by atoms with van der Waals surface area (Å²) in [6.45, 7) is 3.95. The molecule has 0 aliphatic heterocycles. The smallest absolute Gasteiger partial charge is 0.247 e. The maximum Gasteiger partial charge on any atom is 0.247 e. The molecule has 0 radical (unpaired) electrons. The third kappa shape index (κ3) is 5.26. The third-order valence-electron chi connectivity index (χ3n) is 9.58. The van der Waals surface area contributed by atoms with Gasteiger partial charge in [-0.3, -0.25) is 9.59 Å². The molecule has 2 amide bonds. The van der Waals surface area contributed by atoms with Gasteiger partial charge in [-0.1, -0.05) is 86.6 Å². The first kappa shape index (κ1) is 25.9. The van der Waals surface area contributed by atoms with E-state index >= 15 is 0 Å². The largest absolute Gasteiger partial charge is 0.343 e. The van der Waals surface area contributed by atoms with E-state index in [-0.39, 0.29) is 17.7 Å². The summed E-state index contributed by atoms with van der Waals surface area (Å²) in [4.78, 5) is 27.1. The van der Waals surface area contributed by atoms with Crippen LogP contribution in [0, 0.1) is 23.7 Å². The lowest BCUT2D eigenvalue weighted by atomic mass is 9.48. The lowest BCUT2D eigenvalue weighted by Crippen LogP contribution is -2.49. The van der Waals surface area contributed by atoms with Gasteiger partial charge in [0, 0.05) is 5.69 Å². The second-order valence-electron chi connectivity index (χ2n) is 12.7. The third-order valence-corrected chi connectivity index (χ3v) is 9.58. The zero-order valence-corrected chi connectivity index (χ0v) is 23.1. The van der Waals surface area contributed by atoms with Crippen molar-refractivity contribution in [3.8, 4) is 0 Å². The molecule has 4 saturated carbocycles. The van der Waals surface area contributed by atoms with Crippen molar-refractivity contribution in [2.24, 2.45) is 23.7 Å². The molecule has 4 bridgehead atoms. The first-order valence-electron chi connectivity index (χ1n) is 14.7. The van der Waals surface area contributed by atoms with E-state index in [9.17, 15) is 9.59 Å². The second kappa shape index (κ2) is 10.6. The summed E-state index contributed by atoms with van der Waals surface area (Å²) in [7, 11) is 0. The fourth-order valence-corrected chi connectivity index (χ4v) is 8.15. The number of hydrogen-bond donors (Lipinski definition) is 2. The molecule has 4 aliphatic rings. The number of amides is 2. The maximum atomic E-state index is 13.7. The molecule has 1 atom stereocenters. The first-order chi connectivity index (χ1) is 18.9. The molecule has 3 aromatic carbocycles. The molecule has 0 heterocycles. The van der Waals surface area contributed by atoms with Crippen LogP contribution in [0.15, 0.2) is 84.9 Å². The Balaban J connectivity index is 1.16. The van der Waals surface area contributed by atoms with Crippen LogP contribution >= 0.6 is 0 Å². The van der Waals surface area contributed by atoms with E-state index in [0.29, 0.717) is 5.41 Å². The van der Waals surface area contributed by atoms with Gasteiger partial charge in [-0.2, -0.15) is 0 Å². The molecule has 4 fully saturated rings. The molecule has 0 spiro atoms. The summed E-state index contributed by atoms with van der Waals surface area (Å²) in [6, 6.07) is 27.5. The van der Waals surface area contributed by atoms with Gasteiger partial charge in [0.15, 0.2) is 0 Å². The van der Waals surface area contributed by atoms with Gasteiger partial charge in [0.25, 0.3) is 0 Å². The number of nitrogens with one attached hydrogen (secondary N) is 2. The summed E-state index contributed by atoms with van der Waals surface area (Å²) in [5.74, 6) is 1.82. The van der Waals surface area contributed by atoms with Crippen molar-refractivity contribution in [3.63, 3.8) is 0 Å². The highest BCUT2D eigenvalue weighted by molar-refractivity contribution is 5.98. The predicted molar refractivity (Wildman–Crippen MR) is 156 cm³/mol. The topological polar surface area (TPSA) is 58.2 Å². The van der Waals surface area contributed by atoms with Gasteiger partial charge < -0.3 is 10.6 Å². The van der Waals surface area contributed by atoms with Gasteiger partial charge >= 0.3 is 0 Å². The van der Waals surface area contributed by atoms with Crippen molar-refractivity contribution in [2.75, 3.05) is 5.32 Å². The molecule has 2 N–H and O–H groups in total. The van der Waals surface area contributed by atoms with E-state index < -0.39 is 12.0 Å². The maximum absolute atomic E-state index is 13.7. The molecule has 39 heavy (non-hydrogen) atoms. The number of benzene rings is 3. The van der Waals surface area contributed by atoms with Crippen LogP contribution < -0.4 is 10.6 Å². The Hall–Kier alpha value is -3.40. The zero-order valence-electron chi connectivity index (χ0n) is 23.1. The van der Waals surface area contributed by atoms with E-state index in [1.165, 1.54) is 44.1 Å². The molecule has 4 aliphatic carbocycles. The lowest BCUT2D eigenvalue weighted by molar-refractivity contribution is -0.127. The Kier molecular flexibility index (Phi) is 7.05. The highest BCUT2D eigenvalue weighted by atomic mass is 16.2. The van der Waals surface area contributed by atoms with Crippen molar-refractivity contribution in [1.82, 2.24) is 5.32 Å². The molecule has 3 aromatic rings. The summed E-state index contributed by atoms with van der Waals surface area (Å²) in [5, 5.41) is 6.18. The summed E-state index contributed by atoms with van der Waals surface area (Å²) < 4.78 is 0. The van der Waals surface area contributed by atoms with E-state index in [1.54, 1.807) is 0 Å². The quantitative estimate of drug-likeness (QED) is 0.334. The van der Waals surface area contributed by atoms with Crippen LogP contribution in [0.1, 0.15) is 75.0 Å². The summed E-state index contributed by atoms with van der Waals surface area (Å²) in [6.07, 6.45) is 8.30. The van der Waals surface area contributed by atoms with Crippen LogP contribution in [0.4, 0.5) is 5.69 Å². The lowest BCUT2D eigenvalue weighted by Gasteiger charge is -2.57. The summed E-state index contributed by atoms with van der Waals surface area (Å²) in [5.41, 5.74) is 4.39. The Morgan fingerprint density at radius 1 is 0.692 bits per heavy atom. The van der Waals surface area contributed by atoms with Crippen LogP contribution in [-0.2, 0) is 15.0 Å². The number of anilines is 1. The van der Waals surface area contributed by atoms with Crippen LogP contribution in [0.3, 0.4) is 0 Å². The Labute approximate surface area is 232 Å². The van der Waals surface area contributed by atoms with Crippen molar-refractivity contribution in [1.29, 1.82) is 0 Å². The number of hydrogen-bond acceptors (Lipinski definition) is 2. The minimum Gasteiger partial charge on any atom is -0.343 e. The average molecular weight is 521 g/mol. The highest BCUT2D eigenvalue weighted by Crippen LogP contribution is 2.60. The standard InChI is InChI=1S/C35H40N2O2/c1-23(2)32(37-33(38)31(27-9-5-3-6-10-27)28-11-7-4-8-12-28)34(39)36-30-15-13-29(14-16-30)35-20-24-17-25(21-35)19-26(18-24)22-35/h3-16,23-26,31-32H,17-22H2,1-2H3,(H,36,39)(H,37,38)/t24?,25?,26?,32-,35?/m0/s1. The molecule has 4 heteroatoms. The SMILES string of the molecule is CC(C)[C@H](NC(=O)C(c1ccccc1)c1ccccc1)C(=O)Nc1ccc(C23CC4CC(CC(C4)C2)C3)cc1. The average Bonchev–Trinajstić information content (AvgIpc) is 2.92. The van der Waals surface area contributed by atoms with Crippen LogP contribution in [0.25, 0.3) is 0 Å². The van der Waals surface area contributed by atoms with Crippen LogP contribution in [0.2, 0.25) is 0 Å². The van der Waals surface area contributed by atoms with E-state index in [1.807, 2.05) is 74.5 Å². The van der Waals surface area contributed by atoms with Crippen LogP contribution in [0.5, 0.6) is 0 Å². The van der Waals surface area contributed by atoms with E-state index in [2.05, 4.69) is 34.9 Å². The number of carbonyl (C=O) groups excluding carboxylic acids is 2. The number of carbonyl (C=O) groups is 2. The highest BCUT2D eigenvalue weighted by Gasteiger charge is 2.51. The fourth-order valence-electron chi connectivity index (χ4n) is 8.15. The zero-order chi connectivity index (χ0) is 27.0. The van der Waals surface area contributed by atoms with Crippen molar-refractivity contribution in [3.05, 3.63) is 102 Å². The molecule has 202 valence electrons. The molecule has 7 rings (SSSR count). The monoisotopic (exact) mass is 520 g/mol.